The van der Waals surface area contributed by atoms with E-state index in [0.717, 1.165) is 11.3 Å². The van der Waals surface area contributed by atoms with Crippen molar-refractivity contribution in [3.05, 3.63) is 42.0 Å². The van der Waals surface area contributed by atoms with Gasteiger partial charge in [-0.2, -0.15) is 0 Å². The van der Waals surface area contributed by atoms with Crippen LogP contribution in [0.5, 0.6) is 0 Å². The fraction of sp³-hybridized carbons (Fsp3) is 0.143. The number of carbonyl (C=O) groups is 1. The van der Waals surface area contributed by atoms with Crippen LogP contribution in [0.1, 0.15) is 6.92 Å². The smallest absolute Gasteiger partial charge is 0.239 e. The van der Waals surface area contributed by atoms with Gasteiger partial charge in [-0.3, -0.25) is 4.79 Å². The van der Waals surface area contributed by atoms with Gasteiger partial charge in [-0.05, 0) is 6.92 Å². The van der Waals surface area contributed by atoms with E-state index in [2.05, 4.69) is 20.5 Å². The van der Waals surface area contributed by atoms with Crippen LogP contribution in [0.4, 0.5) is 5.13 Å². The van der Waals surface area contributed by atoms with Crippen molar-refractivity contribution in [2.24, 2.45) is 0 Å². The molecule has 1 amide bonds. The maximum absolute atomic E-state index is 12.2. The van der Waals surface area contributed by atoms with Crippen LogP contribution in [0.2, 0.25) is 0 Å². The highest BCUT2D eigenvalue weighted by atomic mass is 32.2. The molecule has 7 nitrogen and oxygen atoms in total. The zero-order chi connectivity index (χ0) is 16.2. The normalized spacial score (nSPS) is 12.0. The Labute approximate surface area is 140 Å². The molecule has 1 atom stereocenters. The van der Waals surface area contributed by atoms with E-state index >= 15 is 0 Å². The van der Waals surface area contributed by atoms with Gasteiger partial charge in [0.15, 0.2) is 5.13 Å². The Morgan fingerprint density at radius 3 is 2.87 bits per heavy atom. The van der Waals surface area contributed by atoms with Crippen molar-refractivity contribution in [3.8, 4) is 11.3 Å². The predicted molar refractivity (Wildman–Crippen MR) is 91.7 cm³/mol. The number of thiazole rings is 1. The number of nitrogens with zero attached hydrogens (tertiary/aromatic N) is 4. The molecule has 0 aliphatic heterocycles. The lowest BCUT2D eigenvalue weighted by atomic mass is 10.2. The molecule has 1 aromatic carbocycles. The Kier molecular flexibility index (Phi) is 4.58. The van der Waals surface area contributed by atoms with Crippen LogP contribution >= 0.6 is 23.1 Å². The van der Waals surface area contributed by atoms with Gasteiger partial charge in [-0.15, -0.1) is 21.5 Å². The number of thioether (sulfide) groups is 1. The van der Waals surface area contributed by atoms with Crippen molar-refractivity contribution < 1.29 is 4.79 Å². The molecule has 0 spiro atoms. The van der Waals surface area contributed by atoms with Crippen LogP contribution in [0.15, 0.2) is 47.2 Å². The van der Waals surface area contributed by atoms with Gasteiger partial charge >= 0.3 is 0 Å². The minimum Gasteiger partial charge on any atom is -0.336 e. The Balaban J connectivity index is 1.64. The lowest BCUT2D eigenvalue weighted by molar-refractivity contribution is -0.115. The van der Waals surface area contributed by atoms with E-state index in [4.69, 9.17) is 5.84 Å². The van der Waals surface area contributed by atoms with Gasteiger partial charge in [-0.25, -0.2) is 9.66 Å². The summed E-state index contributed by atoms with van der Waals surface area (Å²) in [6.07, 6.45) is 1.39. The molecule has 2 heterocycles. The molecule has 0 radical (unpaired) electrons. The van der Waals surface area contributed by atoms with Crippen LogP contribution in [0, 0.1) is 0 Å². The van der Waals surface area contributed by atoms with Gasteiger partial charge in [0.05, 0.1) is 10.9 Å². The Hall–Kier alpha value is -2.39. The number of carbonyl (C=O) groups excluding carboxylic acids is 1. The van der Waals surface area contributed by atoms with Crippen LogP contribution < -0.4 is 11.2 Å². The van der Waals surface area contributed by atoms with Gasteiger partial charge in [0.1, 0.15) is 6.33 Å². The standard InChI is InChI=1S/C14H14N6OS2/c1-9(23-14-19-16-8-20(14)15)12(21)18-13-17-11(7-22-13)10-5-3-2-4-6-10/h2-9H,15H2,1H3,(H,17,18,21)/t9-/m1/s1. The number of amides is 1. The maximum Gasteiger partial charge on any atom is 0.239 e. The fourth-order valence-electron chi connectivity index (χ4n) is 1.81. The predicted octanol–water partition coefficient (Wildman–Crippen LogP) is 2.23. The fourth-order valence-corrected chi connectivity index (χ4v) is 3.28. The number of rotatable bonds is 5. The third-order valence-electron chi connectivity index (χ3n) is 3.00. The van der Waals surface area contributed by atoms with Crippen molar-refractivity contribution in [2.45, 2.75) is 17.3 Å². The summed E-state index contributed by atoms with van der Waals surface area (Å²) >= 11 is 2.63. The first kappa shape index (κ1) is 15.5. The second kappa shape index (κ2) is 6.80. The monoisotopic (exact) mass is 346 g/mol. The van der Waals surface area contributed by atoms with Crippen LogP contribution in [0.3, 0.4) is 0 Å². The molecule has 0 fully saturated rings. The first-order chi connectivity index (χ1) is 11.1. The SMILES string of the molecule is C[C@@H](Sc1nncn1N)C(=O)Nc1nc(-c2ccccc2)cs1. The highest BCUT2D eigenvalue weighted by molar-refractivity contribution is 8.00. The molecule has 3 rings (SSSR count). The maximum atomic E-state index is 12.2. The van der Waals surface area contributed by atoms with E-state index in [0.29, 0.717) is 10.3 Å². The molecule has 0 aliphatic rings. The molecule has 0 unspecified atom stereocenters. The first-order valence-electron chi connectivity index (χ1n) is 6.77. The molecule has 23 heavy (non-hydrogen) atoms. The van der Waals surface area contributed by atoms with Gasteiger partial charge in [-0.1, -0.05) is 42.1 Å². The van der Waals surface area contributed by atoms with Crippen molar-refractivity contribution in [3.63, 3.8) is 0 Å². The summed E-state index contributed by atoms with van der Waals surface area (Å²) in [7, 11) is 0. The lowest BCUT2D eigenvalue weighted by Crippen LogP contribution is -2.23. The molecule has 9 heteroatoms. The molecule has 0 aliphatic carbocycles. The topological polar surface area (TPSA) is 98.7 Å². The summed E-state index contributed by atoms with van der Waals surface area (Å²) in [6.45, 7) is 1.78. The number of hydrogen-bond acceptors (Lipinski definition) is 7. The highest BCUT2D eigenvalue weighted by Crippen LogP contribution is 2.26. The minimum absolute atomic E-state index is 0.160. The molecular weight excluding hydrogens is 332 g/mol. The van der Waals surface area contributed by atoms with E-state index in [9.17, 15) is 4.79 Å². The number of anilines is 1. The molecule has 0 saturated carbocycles. The van der Waals surface area contributed by atoms with Crippen molar-refractivity contribution in [1.29, 1.82) is 0 Å². The van der Waals surface area contributed by atoms with Crippen molar-refractivity contribution in [2.75, 3.05) is 11.2 Å². The zero-order valence-electron chi connectivity index (χ0n) is 12.2. The van der Waals surface area contributed by atoms with E-state index in [1.165, 1.54) is 34.1 Å². The van der Waals surface area contributed by atoms with Gasteiger partial charge in [0.25, 0.3) is 0 Å². The summed E-state index contributed by atoms with van der Waals surface area (Å²) in [5.74, 6) is 5.48. The molecule has 3 N–H and O–H groups in total. The van der Waals surface area contributed by atoms with Crippen molar-refractivity contribution >= 4 is 34.1 Å². The van der Waals surface area contributed by atoms with E-state index in [1.54, 1.807) is 6.92 Å². The van der Waals surface area contributed by atoms with E-state index < -0.39 is 0 Å². The Morgan fingerprint density at radius 2 is 2.17 bits per heavy atom. The van der Waals surface area contributed by atoms with Gasteiger partial charge in [0.2, 0.25) is 11.1 Å². The Bertz CT molecular complexity index is 800. The third kappa shape index (κ3) is 3.69. The molecular formula is C14H14N6OS2. The number of benzene rings is 1. The molecule has 2 aromatic heterocycles. The number of nitrogens with one attached hydrogen (secondary N) is 1. The minimum atomic E-state index is -0.370. The molecule has 0 bridgehead atoms. The summed E-state index contributed by atoms with van der Waals surface area (Å²) in [6, 6.07) is 9.82. The third-order valence-corrected chi connectivity index (χ3v) is 4.82. The number of nitrogens with two attached hydrogens (primary N) is 1. The van der Waals surface area contributed by atoms with E-state index in [-0.39, 0.29) is 11.2 Å². The molecule has 0 saturated heterocycles. The quantitative estimate of drug-likeness (QED) is 0.543. The average Bonchev–Trinajstić information content (AvgIpc) is 3.18. The van der Waals surface area contributed by atoms with Crippen LogP contribution in [-0.4, -0.2) is 31.0 Å². The average molecular weight is 346 g/mol. The molecule has 3 aromatic rings. The van der Waals surface area contributed by atoms with Crippen molar-refractivity contribution in [1.82, 2.24) is 19.9 Å². The van der Waals surface area contributed by atoms with Crippen LogP contribution in [-0.2, 0) is 4.79 Å². The first-order valence-corrected chi connectivity index (χ1v) is 8.53. The molecule has 118 valence electrons. The Morgan fingerprint density at radius 1 is 1.39 bits per heavy atom. The summed E-state index contributed by atoms with van der Waals surface area (Å²) in [5, 5.41) is 12.9. The second-order valence-electron chi connectivity index (χ2n) is 4.67. The van der Waals surface area contributed by atoms with Gasteiger partial charge in [0, 0.05) is 10.9 Å². The lowest BCUT2D eigenvalue weighted by Gasteiger charge is -2.09. The largest absolute Gasteiger partial charge is 0.336 e. The summed E-state index contributed by atoms with van der Waals surface area (Å²) in [5.41, 5.74) is 1.86. The number of hydrogen-bond donors (Lipinski definition) is 2. The van der Waals surface area contributed by atoms with E-state index in [1.807, 2.05) is 35.7 Å². The van der Waals surface area contributed by atoms with Crippen LogP contribution in [0.25, 0.3) is 11.3 Å². The summed E-state index contributed by atoms with van der Waals surface area (Å²) < 4.78 is 1.28. The zero-order valence-corrected chi connectivity index (χ0v) is 13.8. The number of nitrogen functional groups attached to an aromatic ring is 1. The summed E-state index contributed by atoms with van der Waals surface area (Å²) in [4.78, 5) is 16.7. The second-order valence-corrected chi connectivity index (χ2v) is 6.84. The highest BCUT2D eigenvalue weighted by Gasteiger charge is 2.18. The number of aromatic nitrogens is 4. The van der Waals surface area contributed by atoms with Gasteiger partial charge < -0.3 is 11.2 Å².